The van der Waals surface area contributed by atoms with Crippen molar-refractivity contribution >= 4 is 5.71 Å². The normalized spacial score (nSPS) is 9.25. The Labute approximate surface area is 51.6 Å². The number of rotatable bonds is 4. The highest BCUT2D eigenvalue weighted by atomic mass is 14.4. The largest absolute Gasteiger partial charge is 0.310 e. The quantitative estimate of drug-likeness (QED) is 0.428. The van der Waals surface area contributed by atoms with Gasteiger partial charge in [0.15, 0.2) is 0 Å². The predicted molar refractivity (Wildman–Crippen MR) is 37.5 cm³/mol. The molecule has 0 aliphatic heterocycles. The van der Waals surface area contributed by atoms with Gasteiger partial charge in [-0.1, -0.05) is 19.8 Å². The lowest BCUT2D eigenvalue weighted by Crippen LogP contribution is -1.86. The number of nitrogens with one attached hydrogen (secondary N) is 1. The summed E-state index contributed by atoms with van der Waals surface area (Å²) in [6, 6.07) is 0. The van der Waals surface area contributed by atoms with E-state index in [2.05, 4.69) is 6.92 Å². The Morgan fingerprint density at radius 2 is 2.00 bits per heavy atom. The van der Waals surface area contributed by atoms with Gasteiger partial charge in [-0.2, -0.15) is 0 Å². The Hall–Kier alpha value is -0.330. The molecule has 1 N–H and O–H groups in total. The van der Waals surface area contributed by atoms with Gasteiger partial charge in [0.25, 0.3) is 0 Å². The summed E-state index contributed by atoms with van der Waals surface area (Å²) in [6.07, 6.45) is 4.73. The minimum atomic E-state index is 0.818. The topological polar surface area (TPSA) is 23.9 Å². The highest BCUT2D eigenvalue weighted by Gasteiger charge is 1.86. The van der Waals surface area contributed by atoms with Crippen molar-refractivity contribution in [3.05, 3.63) is 0 Å². The number of hydrogen-bond donors (Lipinski definition) is 1. The molecule has 0 aliphatic carbocycles. The lowest BCUT2D eigenvalue weighted by molar-refractivity contribution is 0.739. The van der Waals surface area contributed by atoms with Gasteiger partial charge in [0.1, 0.15) is 0 Å². The van der Waals surface area contributed by atoms with Crippen molar-refractivity contribution in [2.45, 2.75) is 39.5 Å². The second-order valence-corrected chi connectivity index (χ2v) is 2.24. The molecule has 0 unspecified atom stereocenters. The third-order valence-corrected chi connectivity index (χ3v) is 1.16. The molecule has 8 heavy (non-hydrogen) atoms. The molecule has 0 spiro atoms. The van der Waals surface area contributed by atoms with Gasteiger partial charge in [0, 0.05) is 5.71 Å². The van der Waals surface area contributed by atoms with E-state index in [-0.39, 0.29) is 0 Å². The first-order valence-corrected chi connectivity index (χ1v) is 3.31. The maximum Gasteiger partial charge on any atom is 0.00582 e. The molecule has 1 nitrogen and oxygen atoms in total. The number of unbranched alkanes of at least 4 members (excludes halogenated alkanes) is 2. The van der Waals surface area contributed by atoms with Gasteiger partial charge in [-0.05, 0) is 19.8 Å². The van der Waals surface area contributed by atoms with Crippen LogP contribution in [0.4, 0.5) is 0 Å². The summed E-state index contributed by atoms with van der Waals surface area (Å²) < 4.78 is 0. The smallest absolute Gasteiger partial charge is 0.00582 e. The predicted octanol–water partition coefficient (Wildman–Crippen LogP) is 2.61. The van der Waals surface area contributed by atoms with E-state index in [0.717, 1.165) is 12.1 Å². The SMILES string of the molecule is CCCCCC(C)=N. The standard InChI is InChI=1S/C7H15N/c1-3-4-5-6-7(2)8/h8H,3-6H2,1-2H3. The summed E-state index contributed by atoms with van der Waals surface area (Å²) in [5.41, 5.74) is 0.818. The van der Waals surface area contributed by atoms with Crippen molar-refractivity contribution < 1.29 is 0 Å². The van der Waals surface area contributed by atoms with Crippen LogP contribution in [0.2, 0.25) is 0 Å². The van der Waals surface area contributed by atoms with Crippen LogP contribution in [-0.2, 0) is 0 Å². The van der Waals surface area contributed by atoms with Crippen LogP contribution in [0.25, 0.3) is 0 Å². The number of hydrogen-bond acceptors (Lipinski definition) is 1. The van der Waals surface area contributed by atoms with Crippen LogP contribution in [0, 0.1) is 5.41 Å². The van der Waals surface area contributed by atoms with Crippen molar-refractivity contribution in [1.29, 1.82) is 5.41 Å². The van der Waals surface area contributed by atoms with E-state index in [1.807, 2.05) is 6.92 Å². The first-order chi connectivity index (χ1) is 3.77. The summed E-state index contributed by atoms with van der Waals surface area (Å²) in [5, 5.41) is 7.07. The third-order valence-electron chi connectivity index (χ3n) is 1.16. The van der Waals surface area contributed by atoms with Crippen molar-refractivity contribution in [2.24, 2.45) is 0 Å². The van der Waals surface area contributed by atoms with E-state index in [1.54, 1.807) is 0 Å². The van der Waals surface area contributed by atoms with Crippen LogP contribution in [0.3, 0.4) is 0 Å². The molecule has 48 valence electrons. The summed E-state index contributed by atoms with van der Waals surface area (Å²) in [6.45, 7) is 4.05. The van der Waals surface area contributed by atoms with Gasteiger partial charge in [0.2, 0.25) is 0 Å². The zero-order valence-corrected chi connectivity index (χ0v) is 5.83. The molecule has 0 aromatic heterocycles. The molecule has 0 radical (unpaired) electrons. The fourth-order valence-electron chi connectivity index (χ4n) is 0.640. The minimum absolute atomic E-state index is 0.818. The minimum Gasteiger partial charge on any atom is -0.310 e. The molecule has 0 bridgehead atoms. The van der Waals surface area contributed by atoms with Gasteiger partial charge in [-0.15, -0.1) is 0 Å². The Kier molecular flexibility index (Phi) is 4.62. The molecule has 0 aromatic rings. The van der Waals surface area contributed by atoms with Crippen LogP contribution < -0.4 is 0 Å². The van der Waals surface area contributed by atoms with Gasteiger partial charge < -0.3 is 5.41 Å². The van der Waals surface area contributed by atoms with Crippen molar-refractivity contribution in [3.63, 3.8) is 0 Å². The molecule has 0 heterocycles. The molecule has 0 fully saturated rings. The van der Waals surface area contributed by atoms with Crippen LogP contribution >= 0.6 is 0 Å². The van der Waals surface area contributed by atoms with E-state index >= 15 is 0 Å². The second kappa shape index (κ2) is 4.82. The molecular formula is C7H15N. The highest BCUT2D eigenvalue weighted by molar-refractivity contribution is 5.78. The van der Waals surface area contributed by atoms with Crippen molar-refractivity contribution in [2.75, 3.05) is 0 Å². The summed E-state index contributed by atoms with van der Waals surface area (Å²) in [7, 11) is 0. The summed E-state index contributed by atoms with van der Waals surface area (Å²) >= 11 is 0. The van der Waals surface area contributed by atoms with Gasteiger partial charge in [0.05, 0.1) is 0 Å². The van der Waals surface area contributed by atoms with Crippen LogP contribution in [0.15, 0.2) is 0 Å². The first-order valence-electron chi connectivity index (χ1n) is 3.31. The van der Waals surface area contributed by atoms with Gasteiger partial charge in [-0.3, -0.25) is 0 Å². The Morgan fingerprint density at radius 3 is 2.38 bits per heavy atom. The molecule has 0 aromatic carbocycles. The lowest BCUT2D eigenvalue weighted by Gasteiger charge is -1.93. The zero-order valence-electron chi connectivity index (χ0n) is 5.83. The van der Waals surface area contributed by atoms with E-state index in [4.69, 9.17) is 5.41 Å². The maximum atomic E-state index is 7.07. The third kappa shape index (κ3) is 5.67. The average molecular weight is 113 g/mol. The molecule has 0 atom stereocenters. The van der Waals surface area contributed by atoms with Gasteiger partial charge in [-0.25, -0.2) is 0 Å². The molecule has 1 heteroatoms. The highest BCUT2D eigenvalue weighted by Crippen LogP contribution is 1.98. The Morgan fingerprint density at radius 1 is 1.38 bits per heavy atom. The van der Waals surface area contributed by atoms with E-state index in [0.29, 0.717) is 0 Å². The van der Waals surface area contributed by atoms with E-state index in [1.165, 1.54) is 19.3 Å². The van der Waals surface area contributed by atoms with Crippen LogP contribution in [-0.4, -0.2) is 5.71 Å². The lowest BCUT2D eigenvalue weighted by atomic mass is 10.1. The summed E-state index contributed by atoms with van der Waals surface area (Å²) in [5.74, 6) is 0. The summed E-state index contributed by atoms with van der Waals surface area (Å²) in [4.78, 5) is 0. The van der Waals surface area contributed by atoms with Gasteiger partial charge >= 0.3 is 0 Å². The first kappa shape index (κ1) is 7.67. The molecule has 0 amide bonds. The van der Waals surface area contributed by atoms with Crippen LogP contribution in [0.1, 0.15) is 39.5 Å². The van der Waals surface area contributed by atoms with Crippen molar-refractivity contribution in [3.8, 4) is 0 Å². The molecule has 0 saturated heterocycles. The molecular weight excluding hydrogens is 98.1 g/mol. The van der Waals surface area contributed by atoms with Crippen LogP contribution in [0.5, 0.6) is 0 Å². The second-order valence-electron chi connectivity index (χ2n) is 2.24. The maximum absolute atomic E-state index is 7.07. The molecule has 0 rings (SSSR count). The monoisotopic (exact) mass is 113 g/mol. The average Bonchev–Trinajstić information content (AvgIpc) is 1.66. The fraction of sp³-hybridized carbons (Fsp3) is 0.857. The molecule has 0 saturated carbocycles. The molecule has 0 aliphatic rings. The Balaban J connectivity index is 2.82. The van der Waals surface area contributed by atoms with E-state index < -0.39 is 0 Å². The Bertz CT molecular complexity index is 66.8. The van der Waals surface area contributed by atoms with E-state index in [9.17, 15) is 0 Å². The zero-order chi connectivity index (χ0) is 6.41. The van der Waals surface area contributed by atoms with Crippen molar-refractivity contribution in [1.82, 2.24) is 0 Å². The fourth-order valence-corrected chi connectivity index (χ4v) is 0.640.